The summed E-state index contributed by atoms with van der Waals surface area (Å²) in [4.78, 5) is 25.4. The van der Waals surface area contributed by atoms with Gasteiger partial charge in [-0.3, -0.25) is 13.9 Å². The zero-order chi connectivity index (χ0) is 23.6. The number of benzene rings is 3. The number of ether oxygens (including phenoxy) is 2. The van der Waals surface area contributed by atoms with Crippen LogP contribution in [0.3, 0.4) is 0 Å². The Bertz CT molecular complexity index is 1320. The molecule has 4 rings (SSSR count). The lowest BCUT2D eigenvalue weighted by atomic mass is 10.0. The summed E-state index contributed by atoms with van der Waals surface area (Å²) in [5.74, 6) is -0.447. The summed E-state index contributed by atoms with van der Waals surface area (Å²) >= 11 is 0. The highest BCUT2D eigenvalue weighted by Gasteiger charge is 2.37. The second kappa shape index (κ2) is 9.11. The van der Waals surface area contributed by atoms with E-state index in [0.29, 0.717) is 22.4 Å². The van der Waals surface area contributed by atoms with E-state index in [2.05, 4.69) is 5.32 Å². The molecule has 33 heavy (non-hydrogen) atoms. The van der Waals surface area contributed by atoms with Crippen LogP contribution >= 0.6 is 0 Å². The van der Waals surface area contributed by atoms with Crippen LogP contribution in [0.25, 0.3) is 10.8 Å². The molecule has 0 saturated carbocycles. The van der Waals surface area contributed by atoms with Crippen molar-refractivity contribution in [1.29, 1.82) is 0 Å². The van der Waals surface area contributed by atoms with Crippen LogP contribution in [0.2, 0.25) is 0 Å². The van der Waals surface area contributed by atoms with E-state index in [4.69, 9.17) is 9.47 Å². The number of sulfonamides is 1. The number of anilines is 1. The first-order valence-corrected chi connectivity index (χ1v) is 11.9. The topological polar surface area (TPSA) is 102 Å². The number of rotatable bonds is 8. The van der Waals surface area contributed by atoms with Gasteiger partial charge in [0.25, 0.3) is 10.0 Å². The van der Waals surface area contributed by atoms with E-state index in [0.717, 1.165) is 9.69 Å². The van der Waals surface area contributed by atoms with E-state index in [1.807, 2.05) is 12.1 Å². The lowest BCUT2D eigenvalue weighted by Gasteiger charge is -2.22. The van der Waals surface area contributed by atoms with Crippen molar-refractivity contribution in [3.63, 3.8) is 0 Å². The van der Waals surface area contributed by atoms with E-state index >= 15 is 0 Å². The predicted molar refractivity (Wildman–Crippen MR) is 124 cm³/mol. The molecule has 1 amide bonds. The number of nitrogens with one attached hydrogen (secondary N) is 1. The lowest BCUT2D eigenvalue weighted by molar-refractivity contribution is -0.143. The van der Waals surface area contributed by atoms with Crippen LogP contribution < -0.4 is 14.4 Å². The van der Waals surface area contributed by atoms with Gasteiger partial charge in [0, 0.05) is 5.39 Å². The van der Waals surface area contributed by atoms with E-state index < -0.39 is 34.5 Å². The van der Waals surface area contributed by atoms with Gasteiger partial charge in [0.1, 0.15) is 12.3 Å². The number of esters is 1. The Morgan fingerprint density at radius 3 is 2.52 bits per heavy atom. The summed E-state index contributed by atoms with van der Waals surface area (Å²) in [6.45, 7) is 1.50. The number of hydrogen-bond acceptors (Lipinski definition) is 6. The van der Waals surface area contributed by atoms with Gasteiger partial charge in [-0.2, -0.15) is 0 Å². The van der Waals surface area contributed by atoms with Gasteiger partial charge >= 0.3 is 5.97 Å². The molecule has 1 heterocycles. The Balaban J connectivity index is 1.60. The number of hydrogen-bond donors (Lipinski definition) is 1. The summed E-state index contributed by atoms with van der Waals surface area (Å²) in [5, 5.41) is 4.18. The summed E-state index contributed by atoms with van der Waals surface area (Å²) < 4.78 is 37.7. The third-order valence-corrected chi connectivity index (χ3v) is 7.28. The summed E-state index contributed by atoms with van der Waals surface area (Å²) in [6.07, 6.45) is -0.102. The molecule has 1 atom stereocenters. The molecular weight excluding hydrogens is 444 g/mol. The molecule has 3 aromatic carbocycles. The Morgan fingerprint density at radius 1 is 1.06 bits per heavy atom. The van der Waals surface area contributed by atoms with Crippen molar-refractivity contribution >= 4 is 38.4 Å². The summed E-state index contributed by atoms with van der Waals surface area (Å²) in [5.41, 5.74) is 1.10. The highest BCUT2D eigenvalue weighted by molar-refractivity contribution is 7.93. The van der Waals surface area contributed by atoms with Crippen LogP contribution in [0.15, 0.2) is 65.6 Å². The van der Waals surface area contributed by atoms with Crippen LogP contribution in [-0.4, -0.2) is 40.6 Å². The Hall–Kier alpha value is -3.59. The molecule has 0 aromatic heterocycles. The van der Waals surface area contributed by atoms with E-state index in [-0.39, 0.29) is 17.9 Å². The minimum absolute atomic E-state index is 0.102. The zero-order valence-electron chi connectivity index (χ0n) is 18.3. The predicted octanol–water partition coefficient (Wildman–Crippen LogP) is 3.17. The first-order chi connectivity index (χ1) is 15.8. The van der Waals surface area contributed by atoms with Crippen molar-refractivity contribution in [2.75, 3.05) is 24.6 Å². The van der Waals surface area contributed by atoms with Crippen LogP contribution in [-0.2, 0) is 24.3 Å². The monoisotopic (exact) mass is 468 g/mol. The standard InChI is InChI=1S/C24H24N2O6S/c1-3-32-23(28)14-19(17-9-4-10-18(13-17)31-2)25-22(27)15-26-20-11-5-7-16-8-6-12-21(24(16)20)33(26,29)30/h4-13,19H,3,14-15H2,1-2H3,(H,25,27). The number of carbonyl (C=O) groups is 2. The van der Waals surface area contributed by atoms with Gasteiger partial charge in [-0.25, -0.2) is 8.42 Å². The molecule has 1 unspecified atom stereocenters. The molecular formula is C24H24N2O6S. The minimum Gasteiger partial charge on any atom is -0.497 e. The van der Waals surface area contributed by atoms with Gasteiger partial charge < -0.3 is 14.8 Å². The van der Waals surface area contributed by atoms with Crippen molar-refractivity contribution in [2.24, 2.45) is 0 Å². The molecule has 0 bridgehead atoms. The number of methoxy groups -OCH3 is 1. The second-order valence-corrected chi connectivity index (χ2v) is 9.38. The summed E-state index contributed by atoms with van der Waals surface area (Å²) in [6, 6.07) is 16.6. The second-order valence-electron chi connectivity index (χ2n) is 7.55. The van der Waals surface area contributed by atoms with Gasteiger partial charge in [-0.05, 0) is 42.1 Å². The number of amides is 1. The largest absolute Gasteiger partial charge is 0.497 e. The molecule has 0 fully saturated rings. The molecule has 9 heteroatoms. The average molecular weight is 469 g/mol. The summed E-state index contributed by atoms with van der Waals surface area (Å²) in [7, 11) is -2.35. The third-order valence-electron chi connectivity index (χ3n) is 5.48. The minimum atomic E-state index is -3.88. The Labute approximate surface area is 192 Å². The molecule has 1 aliphatic rings. The van der Waals surface area contributed by atoms with Gasteiger partial charge in [0.2, 0.25) is 5.91 Å². The first-order valence-electron chi connectivity index (χ1n) is 10.5. The Kier molecular flexibility index (Phi) is 6.24. The van der Waals surface area contributed by atoms with Crippen LogP contribution in [0.5, 0.6) is 5.75 Å². The highest BCUT2D eigenvalue weighted by Crippen LogP contribution is 2.41. The van der Waals surface area contributed by atoms with E-state index in [1.165, 1.54) is 7.11 Å². The fraction of sp³-hybridized carbons (Fsp3) is 0.250. The fourth-order valence-electron chi connectivity index (χ4n) is 4.00. The SMILES string of the molecule is CCOC(=O)CC(NC(=O)CN1c2cccc3cccc(c23)S1(=O)=O)c1cccc(OC)c1. The van der Waals surface area contributed by atoms with Gasteiger partial charge in [0.05, 0.1) is 36.8 Å². The number of nitrogens with zero attached hydrogens (tertiary/aromatic N) is 1. The lowest BCUT2D eigenvalue weighted by Crippen LogP contribution is -2.41. The molecule has 0 radical (unpaired) electrons. The molecule has 0 saturated heterocycles. The van der Waals surface area contributed by atoms with Crippen molar-refractivity contribution in [2.45, 2.75) is 24.3 Å². The average Bonchev–Trinajstić information content (AvgIpc) is 3.02. The van der Waals surface area contributed by atoms with Gasteiger partial charge in [0.15, 0.2) is 0 Å². The Morgan fingerprint density at radius 2 is 1.79 bits per heavy atom. The smallest absolute Gasteiger partial charge is 0.308 e. The van der Waals surface area contributed by atoms with Crippen molar-refractivity contribution in [3.8, 4) is 5.75 Å². The van der Waals surface area contributed by atoms with Crippen LogP contribution in [0, 0.1) is 0 Å². The quantitative estimate of drug-likeness (QED) is 0.510. The van der Waals surface area contributed by atoms with Crippen molar-refractivity contribution in [3.05, 3.63) is 66.2 Å². The third kappa shape index (κ3) is 4.36. The molecule has 1 N–H and O–H groups in total. The molecule has 1 aliphatic heterocycles. The van der Waals surface area contributed by atoms with E-state index in [9.17, 15) is 18.0 Å². The number of carbonyl (C=O) groups excluding carboxylic acids is 2. The maximum Gasteiger partial charge on any atom is 0.308 e. The molecule has 0 aliphatic carbocycles. The van der Waals surface area contributed by atoms with Crippen LogP contribution in [0.1, 0.15) is 24.9 Å². The fourth-order valence-corrected chi connectivity index (χ4v) is 5.66. The maximum absolute atomic E-state index is 13.2. The zero-order valence-corrected chi connectivity index (χ0v) is 19.1. The van der Waals surface area contributed by atoms with Crippen molar-refractivity contribution in [1.82, 2.24) is 5.32 Å². The van der Waals surface area contributed by atoms with Crippen molar-refractivity contribution < 1.29 is 27.5 Å². The molecule has 0 spiro atoms. The first kappa shape index (κ1) is 22.6. The highest BCUT2D eigenvalue weighted by atomic mass is 32.2. The van der Waals surface area contributed by atoms with Gasteiger partial charge in [-0.15, -0.1) is 0 Å². The molecule has 172 valence electrons. The van der Waals surface area contributed by atoms with Gasteiger partial charge in [-0.1, -0.05) is 36.4 Å². The van der Waals surface area contributed by atoms with E-state index in [1.54, 1.807) is 55.5 Å². The molecule has 3 aromatic rings. The molecule has 8 nitrogen and oxygen atoms in total. The van der Waals surface area contributed by atoms with Crippen LogP contribution in [0.4, 0.5) is 5.69 Å². The normalized spacial score (nSPS) is 14.7. The maximum atomic E-state index is 13.2.